The lowest BCUT2D eigenvalue weighted by atomic mass is 10.2. The standard InChI is InChI=1S/C15H16ClFN2O/c1-3-11-6-10(9-18-2)7-15(19-11)20-12-4-5-13(16)14(17)8-12/h4-8,18H,3,9H2,1-2H3. The Hall–Kier alpha value is -1.65. The van der Waals surface area contributed by atoms with Gasteiger partial charge in [0.15, 0.2) is 0 Å². The van der Waals surface area contributed by atoms with Gasteiger partial charge in [0.05, 0.1) is 5.02 Å². The van der Waals surface area contributed by atoms with Crippen molar-refractivity contribution in [2.75, 3.05) is 7.05 Å². The number of aryl methyl sites for hydroxylation is 1. The molecule has 1 N–H and O–H groups in total. The molecule has 0 bridgehead atoms. The average molecular weight is 295 g/mol. The van der Waals surface area contributed by atoms with Crippen molar-refractivity contribution in [1.29, 1.82) is 0 Å². The number of pyridine rings is 1. The van der Waals surface area contributed by atoms with E-state index in [4.69, 9.17) is 16.3 Å². The molecule has 20 heavy (non-hydrogen) atoms. The van der Waals surface area contributed by atoms with Gasteiger partial charge in [-0.3, -0.25) is 0 Å². The number of rotatable bonds is 5. The number of nitrogens with one attached hydrogen (secondary N) is 1. The van der Waals surface area contributed by atoms with Gasteiger partial charge in [0, 0.05) is 24.4 Å². The third-order valence-electron chi connectivity index (χ3n) is 2.77. The van der Waals surface area contributed by atoms with Crippen molar-refractivity contribution < 1.29 is 9.13 Å². The highest BCUT2D eigenvalue weighted by Crippen LogP contribution is 2.25. The highest BCUT2D eigenvalue weighted by molar-refractivity contribution is 6.30. The van der Waals surface area contributed by atoms with Gasteiger partial charge < -0.3 is 10.1 Å². The molecular formula is C15H16ClFN2O. The van der Waals surface area contributed by atoms with Gasteiger partial charge in [-0.05, 0) is 37.2 Å². The van der Waals surface area contributed by atoms with Crippen molar-refractivity contribution >= 4 is 11.6 Å². The van der Waals surface area contributed by atoms with E-state index in [1.807, 2.05) is 26.1 Å². The molecule has 106 valence electrons. The van der Waals surface area contributed by atoms with Gasteiger partial charge in [0.2, 0.25) is 5.88 Å². The lowest BCUT2D eigenvalue weighted by Gasteiger charge is -2.09. The Balaban J connectivity index is 2.27. The summed E-state index contributed by atoms with van der Waals surface area (Å²) in [4.78, 5) is 4.38. The van der Waals surface area contributed by atoms with Gasteiger partial charge in [-0.25, -0.2) is 9.37 Å². The molecule has 0 spiro atoms. The van der Waals surface area contributed by atoms with Crippen LogP contribution in [0.5, 0.6) is 11.6 Å². The first-order valence-electron chi connectivity index (χ1n) is 6.39. The van der Waals surface area contributed by atoms with Gasteiger partial charge in [-0.1, -0.05) is 18.5 Å². The molecule has 0 radical (unpaired) electrons. The fraction of sp³-hybridized carbons (Fsp3) is 0.267. The molecule has 0 fully saturated rings. The van der Waals surface area contributed by atoms with E-state index < -0.39 is 5.82 Å². The number of benzene rings is 1. The largest absolute Gasteiger partial charge is 0.439 e. The Kier molecular flexibility index (Phi) is 4.93. The molecular weight excluding hydrogens is 279 g/mol. The maximum absolute atomic E-state index is 13.4. The number of hydrogen-bond acceptors (Lipinski definition) is 3. The van der Waals surface area contributed by atoms with Gasteiger partial charge in [0.1, 0.15) is 11.6 Å². The van der Waals surface area contributed by atoms with Crippen molar-refractivity contribution in [2.24, 2.45) is 0 Å². The van der Waals surface area contributed by atoms with E-state index in [0.717, 1.165) is 24.2 Å². The van der Waals surface area contributed by atoms with E-state index in [0.29, 0.717) is 11.6 Å². The third kappa shape index (κ3) is 3.68. The van der Waals surface area contributed by atoms with Gasteiger partial charge in [-0.15, -0.1) is 0 Å². The smallest absolute Gasteiger partial charge is 0.219 e. The van der Waals surface area contributed by atoms with Crippen LogP contribution in [0.1, 0.15) is 18.2 Å². The second-order valence-corrected chi connectivity index (χ2v) is 4.77. The predicted molar refractivity (Wildman–Crippen MR) is 77.9 cm³/mol. The van der Waals surface area contributed by atoms with Gasteiger partial charge in [-0.2, -0.15) is 0 Å². The second-order valence-electron chi connectivity index (χ2n) is 4.37. The van der Waals surface area contributed by atoms with Crippen molar-refractivity contribution in [2.45, 2.75) is 19.9 Å². The van der Waals surface area contributed by atoms with Crippen LogP contribution in [-0.4, -0.2) is 12.0 Å². The van der Waals surface area contributed by atoms with Crippen LogP contribution in [0, 0.1) is 5.82 Å². The molecule has 0 unspecified atom stereocenters. The van der Waals surface area contributed by atoms with E-state index >= 15 is 0 Å². The predicted octanol–water partition coefficient (Wildman–Crippen LogP) is 3.95. The summed E-state index contributed by atoms with van der Waals surface area (Å²) >= 11 is 5.64. The minimum Gasteiger partial charge on any atom is -0.439 e. The van der Waals surface area contributed by atoms with E-state index in [-0.39, 0.29) is 5.02 Å². The van der Waals surface area contributed by atoms with E-state index in [1.54, 1.807) is 6.07 Å². The zero-order valence-electron chi connectivity index (χ0n) is 11.4. The van der Waals surface area contributed by atoms with Crippen molar-refractivity contribution in [3.8, 4) is 11.6 Å². The van der Waals surface area contributed by atoms with Crippen LogP contribution in [0.3, 0.4) is 0 Å². The van der Waals surface area contributed by atoms with Crippen LogP contribution >= 0.6 is 11.6 Å². The third-order valence-corrected chi connectivity index (χ3v) is 3.08. The monoisotopic (exact) mass is 294 g/mol. The minimum atomic E-state index is -0.508. The summed E-state index contributed by atoms with van der Waals surface area (Å²) in [5.74, 6) is 0.325. The summed E-state index contributed by atoms with van der Waals surface area (Å²) in [5.41, 5.74) is 2.01. The Labute approximate surface area is 122 Å². The summed E-state index contributed by atoms with van der Waals surface area (Å²) < 4.78 is 19.0. The Morgan fingerprint density at radius 3 is 2.75 bits per heavy atom. The van der Waals surface area contributed by atoms with Crippen LogP contribution in [0.2, 0.25) is 5.02 Å². The van der Waals surface area contributed by atoms with Crippen LogP contribution in [-0.2, 0) is 13.0 Å². The van der Waals surface area contributed by atoms with Crippen LogP contribution < -0.4 is 10.1 Å². The summed E-state index contributed by atoms with van der Waals surface area (Å²) in [7, 11) is 1.88. The molecule has 3 nitrogen and oxygen atoms in total. The highest BCUT2D eigenvalue weighted by atomic mass is 35.5. The van der Waals surface area contributed by atoms with Gasteiger partial charge in [0.25, 0.3) is 0 Å². The van der Waals surface area contributed by atoms with Crippen molar-refractivity contribution in [1.82, 2.24) is 10.3 Å². The number of halogens is 2. The molecule has 0 aliphatic heterocycles. The lowest BCUT2D eigenvalue weighted by molar-refractivity contribution is 0.455. The van der Waals surface area contributed by atoms with Crippen molar-refractivity contribution in [3.05, 3.63) is 52.4 Å². The molecule has 0 aliphatic carbocycles. The molecule has 2 aromatic rings. The van der Waals surface area contributed by atoms with Crippen molar-refractivity contribution in [3.63, 3.8) is 0 Å². The Morgan fingerprint density at radius 1 is 1.30 bits per heavy atom. The lowest BCUT2D eigenvalue weighted by Crippen LogP contribution is -2.06. The molecule has 0 saturated carbocycles. The first-order valence-corrected chi connectivity index (χ1v) is 6.77. The molecule has 1 aromatic heterocycles. The number of aromatic nitrogens is 1. The molecule has 1 aromatic carbocycles. The topological polar surface area (TPSA) is 34.1 Å². The fourth-order valence-electron chi connectivity index (χ4n) is 1.82. The molecule has 1 heterocycles. The van der Waals surface area contributed by atoms with E-state index in [2.05, 4.69) is 10.3 Å². The maximum Gasteiger partial charge on any atom is 0.219 e. The average Bonchev–Trinajstić information content (AvgIpc) is 2.43. The summed E-state index contributed by atoms with van der Waals surface area (Å²) in [6.45, 7) is 2.75. The number of ether oxygens (including phenoxy) is 1. The first-order chi connectivity index (χ1) is 9.62. The zero-order valence-corrected chi connectivity index (χ0v) is 12.2. The summed E-state index contributed by atoms with van der Waals surface area (Å²) in [6.07, 6.45) is 0.808. The SMILES string of the molecule is CCc1cc(CNC)cc(Oc2ccc(Cl)c(F)c2)n1. The van der Waals surface area contributed by atoms with Crippen LogP contribution in [0.15, 0.2) is 30.3 Å². The van der Waals surface area contributed by atoms with E-state index in [9.17, 15) is 4.39 Å². The normalized spacial score (nSPS) is 10.6. The molecule has 5 heteroatoms. The molecule has 0 atom stereocenters. The second kappa shape index (κ2) is 6.68. The van der Waals surface area contributed by atoms with Crippen LogP contribution in [0.25, 0.3) is 0 Å². The summed E-state index contributed by atoms with van der Waals surface area (Å²) in [6, 6.07) is 8.18. The summed E-state index contributed by atoms with van der Waals surface area (Å²) in [5, 5.41) is 3.15. The van der Waals surface area contributed by atoms with Gasteiger partial charge >= 0.3 is 0 Å². The number of nitrogens with zero attached hydrogens (tertiary/aromatic N) is 1. The molecule has 0 aliphatic rings. The molecule has 0 saturated heterocycles. The Morgan fingerprint density at radius 2 is 2.10 bits per heavy atom. The fourth-order valence-corrected chi connectivity index (χ4v) is 1.94. The number of hydrogen-bond donors (Lipinski definition) is 1. The molecule has 2 rings (SSSR count). The Bertz CT molecular complexity index is 604. The van der Waals surface area contributed by atoms with Crippen LogP contribution in [0.4, 0.5) is 4.39 Å². The highest BCUT2D eigenvalue weighted by Gasteiger charge is 2.06. The quantitative estimate of drug-likeness (QED) is 0.907. The minimum absolute atomic E-state index is 0.0727. The maximum atomic E-state index is 13.4. The molecule has 0 amide bonds. The van der Waals surface area contributed by atoms with E-state index in [1.165, 1.54) is 12.1 Å². The first kappa shape index (κ1) is 14.8. The zero-order chi connectivity index (χ0) is 14.5.